The quantitative estimate of drug-likeness (QED) is 0.530. The van der Waals surface area contributed by atoms with Gasteiger partial charge in [0, 0.05) is 56.4 Å². The molecule has 0 aliphatic rings. The van der Waals surface area contributed by atoms with Crippen molar-refractivity contribution in [2.75, 3.05) is 0 Å². The minimum Gasteiger partial charge on any atom is -0.264 e. The summed E-state index contributed by atoms with van der Waals surface area (Å²) < 4.78 is 0. The molecule has 6 heteroatoms. The van der Waals surface area contributed by atoms with Gasteiger partial charge in [-0.25, -0.2) is 15.0 Å². The molecular formula is C21H18N6. The van der Waals surface area contributed by atoms with Crippen LogP contribution in [0.4, 0.5) is 0 Å². The Kier molecular flexibility index (Phi) is 5.15. The first kappa shape index (κ1) is 16.9. The highest BCUT2D eigenvalue weighted by Crippen LogP contribution is 2.11. The van der Waals surface area contributed by atoms with Gasteiger partial charge in [0.05, 0.1) is 0 Å². The van der Waals surface area contributed by atoms with Crippen LogP contribution in [0.25, 0.3) is 0 Å². The van der Waals surface area contributed by atoms with Crippen LogP contribution in [-0.4, -0.2) is 29.9 Å². The van der Waals surface area contributed by atoms with E-state index >= 15 is 0 Å². The number of pyridine rings is 3. The van der Waals surface area contributed by atoms with Crippen LogP contribution in [0.2, 0.25) is 0 Å². The summed E-state index contributed by atoms with van der Waals surface area (Å²) in [7, 11) is 0. The molecule has 0 amide bonds. The van der Waals surface area contributed by atoms with E-state index in [1.807, 2.05) is 55.0 Å². The fraction of sp³-hybridized carbons (Fsp3) is 0.143. The Labute approximate surface area is 157 Å². The maximum absolute atomic E-state index is 4.67. The van der Waals surface area contributed by atoms with Crippen molar-refractivity contribution >= 4 is 0 Å². The van der Waals surface area contributed by atoms with Crippen molar-refractivity contribution in [2.45, 2.75) is 19.3 Å². The maximum atomic E-state index is 4.67. The lowest BCUT2D eigenvalue weighted by molar-refractivity contribution is 0.794. The fourth-order valence-corrected chi connectivity index (χ4v) is 2.81. The SMILES string of the molecule is c1cncc(Cc2nc(Cc3cccnc3)nc(Cc3cccnc3)n2)c1. The zero-order valence-corrected chi connectivity index (χ0v) is 14.7. The van der Waals surface area contributed by atoms with E-state index in [2.05, 4.69) is 29.9 Å². The summed E-state index contributed by atoms with van der Waals surface area (Å²) in [5.74, 6) is 2.24. The first-order valence-electron chi connectivity index (χ1n) is 8.74. The van der Waals surface area contributed by atoms with Crippen LogP contribution in [0.1, 0.15) is 34.2 Å². The largest absolute Gasteiger partial charge is 0.264 e. The highest BCUT2D eigenvalue weighted by Gasteiger charge is 2.10. The second-order valence-corrected chi connectivity index (χ2v) is 6.20. The topological polar surface area (TPSA) is 77.3 Å². The Bertz CT molecular complexity index is 846. The lowest BCUT2D eigenvalue weighted by Gasteiger charge is -2.08. The molecule has 0 unspecified atom stereocenters. The summed E-state index contributed by atoms with van der Waals surface area (Å²) in [4.78, 5) is 26.5. The minimum atomic E-state index is 0.621. The van der Waals surface area contributed by atoms with Gasteiger partial charge < -0.3 is 0 Å². The summed E-state index contributed by atoms with van der Waals surface area (Å²) >= 11 is 0. The minimum absolute atomic E-state index is 0.621. The van der Waals surface area contributed by atoms with Crippen molar-refractivity contribution in [1.29, 1.82) is 0 Å². The molecule has 0 saturated carbocycles. The first-order valence-corrected chi connectivity index (χ1v) is 8.74. The van der Waals surface area contributed by atoms with Gasteiger partial charge in [0.25, 0.3) is 0 Å². The molecule has 0 atom stereocenters. The fourth-order valence-electron chi connectivity index (χ4n) is 2.81. The smallest absolute Gasteiger partial charge is 0.137 e. The summed E-state index contributed by atoms with van der Waals surface area (Å²) in [5, 5.41) is 0. The third-order valence-electron chi connectivity index (χ3n) is 4.03. The third-order valence-corrected chi connectivity index (χ3v) is 4.03. The predicted molar refractivity (Wildman–Crippen MR) is 101 cm³/mol. The molecule has 4 rings (SSSR count). The third kappa shape index (κ3) is 4.76. The monoisotopic (exact) mass is 354 g/mol. The van der Waals surface area contributed by atoms with Crippen molar-refractivity contribution in [3.05, 3.63) is 108 Å². The van der Waals surface area contributed by atoms with E-state index in [1.165, 1.54) is 0 Å². The van der Waals surface area contributed by atoms with E-state index in [0.29, 0.717) is 19.3 Å². The molecule has 0 fully saturated rings. The van der Waals surface area contributed by atoms with Crippen LogP contribution in [0.3, 0.4) is 0 Å². The molecule has 0 saturated heterocycles. The molecule has 132 valence electrons. The van der Waals surface area contributed by atoms with Crippen LogP contribution in [0, 0.1) is 0 Å². The number of rotatable bonds is 6. The Morgan fingerprint density at radius 1 is 0.481 bits per heavy atom. The number of nitrogens with zero attached hydrogens (tertiary/aromatic N) is 6. The molecule has 27 heavy (non-hydrogen) atoms. The second-order valence-electron chi connectivity index (χ2n) is 6.20. The van der Waals surface area contributed by atoms with Crippen molar-refractivity contribution in [2.24, 2.45) is 0 Å². The number of hydrogen-bond donors (Lipinski definition) is 0. The van der Waals surface area contributed by atoms with E-state index in [0.717, 1.165) is 34.2 Å². The highest BCUT2D eigenvalue weighted by atomic mass is 15.0. The molecule has 4 heterocycles. The van der Waals surface area contributed by atoms with E-state index < -0.39 is 0 Å². The molecule has 0 aliphatic carbocycles. The maximum Gasteiger partial charge on any atom is 0.137 e. The van der Waals surface area contributed by atoms with Crippen molar-refractivity contribution < 1.29 is 0 Å². The van der Waals surface area contributed by atoms with Crippen LogP contribution in [0.15, 0.2) is 73.6 Å². The van der Waals surface area contributed by atoms with Crippen LogP contribution >= 0.6 is 0 Å². The summed E-state index contributed by atoms with van der Waals surface area (Å²) in [5.41, 5.74) is 3.22. The number of hydrogen-bond acceptors (Lipinski definition) is 6. The second kappa shape index (κ2) is 8.23. The molecule has 0 bridgehead atoms. The van der Waals surface area contributed by atoms with Gasteiger partial charge in [-0.3, -0.25) is 15.0 Å². The Morgan fingerprint density at radius 3 is 1.07 bits per heavy atom. The predicted octanol–water partition coefficient (Wildman–Crippen LogP) is 2.83. The van der Waals surface area contributed by atoms with Gasteiger partial charge in [0.15, 0.2) is 0 Å². The molecule has 0 aromatic carbocycles. The van der Waals surface area contributed by atoms with E-state index in [1.54, 1.807) is 18.6 Å². The lowest BCUT2D eigenvalue weighted by Crippen LogP contribution is -2.10. The molecule has 0 aliphatic heterocycles. The highest BCUT2D eigenvalue weighted by molar-refractivity contribution is 5.20. The van der Waals surface area contributed by atoms with E-state index in [4.69, 9.17) is 0 Å². The lowest BCUT2D eigenvalue weighted by atomic mass is 10.1. The van der Waals surface area contributed by atoms with Crippen LogP contribution < -0.4 is 0 Å². The molecule has 6 nitrogen and oxygen atoms in total. The zero-order valence-electron chi connectivity index (χ0n) is 14.7. The van der Waals surface area contributed by atoms with Gasteiger partial charge in [0.1, 0.15) is 17.5 Å². The zero-order chi connectivity index (χ0) is 18.3. The molecular weight excluding hydrogens is 336 g/mol. The molecule has 0 radical (unpaired) electrons. The average molecular weight is 354 g/mol. The van der Waals surface area contributed by atoms with Crippen LogP contribution in [0.5, 0.6) is 0 Å². The van der Waals surface area contributed by atoms with Gasteiger partial charge in [-0.2, -0.15) is 0 Å². The molecule has 0 N–H and O–H groups in total. The van der Waals surface area contributed by atoms with Gasteiger partial charge in [-0.15, -0.1) is 0 Å². The Hall–Kier alpha value is -3.54. The van der Waals surface area contributed by atoms with Gasteiger partial charge in [0.2, 0.25) is 0 Å². The molecule has 4 aromatic heterocycles. The first-order chi connectivity index (χ1) is 13.3. The van der Waals surface area contributed by atoms with E-state index in [-0.39, 0.29) is 0 Å². The Balaban J connectivity index is 1.64. The van der Waals surface area contributed by atoms with Crippen molar-refractivity contribution in [3.63, 3.8) is 0 Å². The van der Waals surface area contributed by atoms with Crippen LogP contribution in [-0.2, 0) is 19.3 Å². The van der Waals surface area contributed by atoms with Gasteiger partial charge in [-0.1, -0.05) is 18.2 Å². The summed E-state index contributed by atoms with van der Waals surface area (Å²) in [6, 6.07) is 11.8. The standard InChI is InChI=1S/C21H18N6/c1-4-16(13-22-7-1)10-19-25-20(11-17-5-2-8-23-14-17)27-21(26-19)12-18-6-3-9-24-15-18/h1-9,13-15H,10-12H2. The average Bonchev–Trinajstić information content (AvgIpc) is 2.70. The molecule has 0 spiro atoms. The number of aromatic nitrogens is 6. The van der Waals surface area contributed by atoms with E-state index in [9.17, 15) is 0 Å². The van der Waals surface area contributed by atoms with Gasteiger partial charge in [-0.05, 0) is 34.9 Å². The molecule has 4 aromatic rings. The Morgan fingerprint density at radius 2 is 0.815 bits per heavy atom. The van der Waals surface area contributed by atoms with Gasteiger partial charge >= 0.3 is 0 Å². The normalized spacial score (nSPS) is 10.7. The van der Waals surface area contributed by atoms with Crippen molar-refractivity contribution in [3.8, 4) is 0 Å². The summed E-state index contributed by atoms with van der Waals surface area (Å²) in [6.45, 7) is 0. The summed E-state index contributed by atoms with van der Waals surface area (Å²) in [6.07, 6.45) is 12.7. The van der Waals surface area contributed by atoms with Crippen molar-refractivity contribution in [1.82, 2.24) is 29.9 Å².